The molecule has 1 aliphatic rings. The molecule has 6 heteroatoms. The zero-order chi connectivity index (χ0) is 17.7. The third-order valence-electron chi connectivity index (χ3n) is 4.31. The predicted octanol–water partition coefficient (Wildman–Crippen LogP) is 2.45. The molecule has 6 nitrogen and oxygen atoms in total. The van der Waals surface area contributed by atoms with E-state index in [1.54, 1.807) is 43.0 Å². The summed E-state index contributed by atoms with van der Waals surface area (Å²) in [5, 5.41) is 2.75. The number of esters is 1. The van der Waals surface area contributed by atoms with Crippen molar-refractivity contribution in [3.05, 3.63) is 29.8 Å². The molecule has 0 saturated carbocycles. The molecule has 0 bridgehead atoms. The first-order valence-electron chi connectivity index (χ1n) is 8.15. The lowest BCUT2D eigenvalue weighted by Crippen LogP contribution is -2.48. The Labute approximate surface area is 142 Å². The smallest absolute Gasteiger partial charge is 0.337 e. The third kappa shape index (κ3) is 3.93. The zero-order valence-electron chi connectivity index (χ0n) is 14.4. The second-order valence-electron chi connectivity index (χ2n) is 6.50. The minimum absolute atomic E-state index is 0.147. The quantitative estimate of drug-likeness (QED) is 0.679. The van der Waals surface area contributed by atoms with Crippen LogP contribution in [-0.2, 0) is 14.3 Å². The molecule has 1 aliphatic heterocycles. The van der Waals surface area contributed by atoms with Crippen LogP contribution in [0.15, 0.2) is 24.3 Å². The van der Waals surface area contributed by atoms with Crippen LogP contribution in [0.4, 0.5) is 5.69 Å². The molecule has 0 radical (unpaired) electrons. The van der Waals surface area contributed by atoms with Gasteiger partial charge in [0.15, 0.2) is 0 Å². The number of nitrogens with zero attached hydrogens (tertiary/aromatic N) is 1. The lowest BCUT2D eigenvalue weighted by atomic mass is 9.89. The van der Waals surface area contributed by atoms with Crippen LogP contribution in [0.1, 0.15) is 43.5 Å². The predicted molar refractivity (Wildman–Crippen MR) is 90.6 cm³/mol. The molecule has 1 heterocycles. The Hall–Kier alpha value is -2.37. The molecule has 2 rings (SSSR count). The van der Waals surface area contributed by atoms with Crippen molar-refractivity contribution in [1.29, 1.82) is 0 Å². The highest BCUT2D eigenvalue weighted by molar-refractivity contribution is 6.10. The Morgan fingerprint density at radius 1 is 1.04 bits per heavy atom. The van der Waals surface area contributed by atoms with Crippen molar-refractivity contribution in [3.63, 3.8) is 0 Å². The van der Waals surface area contributed by atoms with Crippen LogP contribution in [0.5, 0.6) is 0 Å². The average Bonchev–Trinajstić information content (AvgIpc) is 2.61. The standard InChI is InChI=1S/C18H24N2O4/c1-18(2,17(23)20-11-5-4-6-12-20)16(22)19-14-9-7-13(8-10-14)15(21)24-3/h7-10H,4-6,11-12H2,1-3H3,(H,19,22). The summed E-state index contributed by atoms with van der Waals surface area (Å²) in [6.07, 6.45) is 3.10. The number of methoxy groups -OCH3 is 1. The van der Waals surface area contributed by atoms with E-state index in [4.69, 9.17) is 0 Å². The van der Waals surface area contributed by atoms with E-state index in [2.05, 4.69) is 10.1 Å². The number of piperidine rings is 1. The Morgan fingerprint density at radius 3 is 2.17 bits per heavy atom. The van der Waals surface area contributed by atoms with Gasteiger partial charge in [0.2, 0.25) is 11.8 Å². The second-order valence-corrected chi connectivity index (χ2v) is 6.50. The first-order chi connectivity index (χ1) is 11.4. The Kier molecular flexibility index (Phi) is 5.59. The van der Waals surface area contributed by atoms with Gasteiger partial charge in [-0.3, -0.25) is 9.59 Å². The first kappa shape index (κ1) is 18.0. The van der Waals surface area contributed by atoms with Gasteiger partial charge in [0.1, 0.15) is 5.41 Å². The van der Waals surface area contributed by atoms with E-state index in [1.807, 2.05) is 0 Å². The molecule has 1 aromatic carbocycles. The third-order valence-corrected chi connectivity index (χ3v) is 4.31. The minimum atomic E-state index is -1.14. The van der Waals surface area contributed by atoms with Gasteiger partial charge in [-0.25, -0.2) is 4.79 Å². The number of anilines is 1. The van der Waals surface area contributed by atoms with Gasteiger partial charge in [0.25, 0.3) is 0 Å². The molecule has 0 atom stereocenters. The summed E-state index contributed by atoms with van der Waals surface area (Å²) in [7, 11) is 1.31. The molecule has 1 aromatic rings. The molecule has 1 fully saturated rings. The fourth-order valence-corrected chi connectivity index (χ4v) is 2.68. The van der Waals surface area contributed by atoms with E-state index in [9.17, 15) is 14.4 Å². The summed E-state index contributed by atoms with van der Waals surface area (Å²) in [5.74, 6) is -0.941. The highest BCUT2D eigenvalue weighted by Crippen LogP contribution is 2.24. The van der Waals surface area contributed by atoms with Crippen LogP contribution in [0, 0.1) is 5.41 Å². The largest absolute Gasteiger partial charge is 0.465 e. The summed E-state index contributed by atoms with van der Waals surface area (Å²) < 4.78 is 4.63. The number of hydrogen-bond donors (Lipinski definition) is 1. The van der Waals surface area contributed by atoms with Crippen LogP contribution in [0.25, 0.3) is 0 Å². The Bertz CT molecular complexity index is 616. The number of hydrogen-bond acceptors (Lipinski definition) is 4. The van der Waals surface area contributed by atoms with Gasteiger partial charge in [-0.2, -0.15) is 0 Å². The SMILES string of the molecule is COC(=O)c1ccc(NC(=O)C(C)(C)C(=O)N2CCCCC2)cc1. The highest BCUT2D eigenvalue weighted by Gasteiger charge is 2.39. The number of amides is 2. The summed E-state index contributed by atoms with van der Waals surface area (Å²) in [5.41, 5.74) is -0.204. The van der Waals surface area contributed by atoms with Crippen LogP contribution in [0.3, 0.4) is 0 Å². The summed E-state index contributed by atoms with van der Waals surface area (Å²) in [6.45, 7) is 4.71. The van der Waals surface area contributed by atoms with E-state index in [1.165, 1.54) is 7.11 Å². The number of benzene rings is 1. The number of ether oxygens (including phenoxy) is 1. The van der Waals surface area contributed by atoms with Crippen LogP contribution < -0.4 is 5.32 Å². The molecular weight excluding hydrogens is 308 g/mol. The summed E-state index contributed by atoms with van der Waals surface area (Å²) in [4.78, 5) is 38.4. The van der Waals surface area contributed by atoms with Gasteiger partial charge in [-0.1, -0.05) is 0 Å². The number of rotatable bonds is 4. The van der Waals surface area contributed by atoms with E-state index >= 15 is 0 Å². The van der Waals surface area contributed by atoms with Crippen molar-refractivity contribution in [1.82, 2.24) is 4.90 Å². The maximum Gasteiger partial charge on any atom is 0.337 e. The van der Waals surface area contributed by atoms with Gasteiger partial charge in [-0.15, -0.1) is 0 Å². The first-order valence-corrected chi connectivity index (χ1v) is 8.15. The molecule has 0 aliphatic carbocycles. The highest BCUT2D eigenvalue weighted by atomic mass is 16.5. The summed E-state index contributed by atoms with van der Waals surface area (Å²) in [6, 6.07) is 6.37. The van der Waals surface area contributed by atoms with E-state index in [0.29, 0.717) is 24.3 Å². The van der Waals surface area contributed by atoms with Gasteiger partial charge < -0.3 is 15.0 Å². The normalized spacial score (nSPS) is 14.9. The maximum absolute atomic E-state index is 12.6. The topological polar surface area (TPSA) is 75.7 Å². The van der Waals surface area contributed by atoms with Gasteiger partial charge in [0.05, 0.1) is 12.7 Å². The zero-order valence-corrected chi connectivity index (χ0v) is 14.4. The van der Waals surface area contributed by atoms with Crippen LogP contribution >= 0.6 is 0 Å². The molecule has 0 aromatic heterocycles. The fraction of sp³-hybridized carbons (Fsp3) is 0.500. The van der Waals surface area contributed by atoms with E-state index in [0.717, 1.165) is 19.3 Å². The maximum atomic E-state index is 12.6. The molecule has 1 N–H and O–H groups in total. The van der Waals surface area contributed by atoms with Crippen molar-refractivity contribution >= 4 is 23.5 Å². The molecule has 0 unspecified atom stereocenters. The molecule has 0 spiro atoms. The van der Waals surface area contributed by atoms with Crippen molar-refractivity contribution in [3.8, 4) is 0 Å². The molecule has 1 saturated heterocycles. The van der Waals surface area contributed by atoms with Crippen molar-refractivity contribution < 1.29 is 19.1 Å². The fourth-order valence-electron chi connectivity index (χ4n) is 2.68. The Balaban J connectivity index is 2.04. The van der Waals surface area contributed by atoms with Gasteiger partial charge >= 0.3 is 5.97 Å². The van der Waals surface area contributed by atoms with Gasteiger partial charge in [0, 0.05) is 18.8 Å². The van der Waals surface area contributed by atoms with Crippen LogP contribution in [0.2, 0.25) is 0 Å². The number of likely N-dealkylation sites (tertiary alicyclic amines) is 1. The van der Waals surface area contributed by atoms with Crippen molar-refractivity contribution in [2.45, 2.75) is 33.1 Å². The summed E-state index contributed by atoms with van der Waals surface area (Å²) >= 11 is 0. The second kappa shape index (κ2) is 7.47. The number of nitrogens with one attached hydrogen (secondary N) is 1. The number of carbonyl (C=O) groups is 3. The van der Waals surface area contributed by atoms with E-state index in [-0.39, 0.29) is 11.8 Å². The van der Waals surface area contributed by atoms with Crippen LogP contribution in [-0.4, -0.2) is 42.9 Å². The van der Waals surface area contributed by atoms with Gasteiger partial charge in [-0.05, 0) is 57.4 Å². The lowest BCUT2D eigenvalue weighted by Gasteiger charge is -2.33. The van der Waals surface area contributed by atoms with E-state index < -0.39 is 11.4 Å². The van der Waals surface area contributed by atoms with Crippen molar-refractivity contribution in [2.24, 2.45) is 5.41 Å². The number of carbonyl (C=O) groups excluding carboxylic acids is 3. The molecular formula is C18H24N2O4. The monoisotopic (exact) mass is 332 g/mol. The molecule has 130 valence electrons. The lowest BCUT2D eigenvalue weighted by molar-refractivity contribution is -0.147. The van der Waals surface area contributed by atoms with Crippen molar-refractivity contribution in [2.75, 3.05) is 25.5 Å². The Morgan fingerprint density at radius 2 is 1.62 bits per heavy atom. The molecule has 24 heavy (non-hydrogen) atoms. The molecule has 2 amide bonds. The minimum Gasteiger partial charge on any atom is -0.465 e. The average molecular weight is 332 g/mol.